The third kappa shape index (κ3) is 4.81. The summed E-state index contributed by atoms with van der Waals surface area (Å²) in [6.07, 6.45) is 0.0508. The molecular formula is C15H22O4. The van der Waals surface area contributed by atoms with E-state index in [0.717, 1.165) is 0 Å². The monoisotopic (exact) mass is 266 g/mol. The van der Waals surface area contributed by atoms with Gasteiger partial charge >= 0.3 is 5.97 Å². The molecule has 4 nitrogen and oxygen atoms in total. The summed E-state index contributed by atoms with van der Waals surface area (Å²) >= 11 is 0. The van der Waals surface area contributed by atoms with Gasteiger partial charge in [-0.3, -0.25) is 0 Å². The standard InChI is InChI=1S/C15H22O4/c1-6-17-15(16)12-7-8-13(18-10(2)3)14(9-12)19-11(4)5/h7-11H,6H2,1-5H3. The van der Waals surface area contributed by atoms with Crippen molar-refractivity contribution >= 4 is 5.97 Å². The molecule has 0 amide bonds. The molecule has 106 valence electrons. The molecule has 0 radical (unpaired) electrons. The second kappa shape index (κ2) is 7.02. The predicted molar refractivity (Wildman–Crippen MR) is 73.9 cm³/mol. The highest BCUT2D eigenvalue weighted by atomic mass is 16.5. The molecule has 0 aliphatic heterocycles. The molecule has 0 aromatic heterocycles. The summed E-state index contributed by atoms with van der Waals surface area (Å²) in [4.78, 5) is 11.7. The van der Waals surface area contributed by atoms with E-state index in [-0.39, 0.29) is 18.2 Å². The van der Waals surface area contributed by atoms with E-state index in [4.69, 9.17) is 14.2 Å². The highest BCUT2D eigenvalue weighted by molar-refractivity contribution is 5.90. The molecular weight excluding hydrogens is 244 g/mol. The zero-order valence-electron chi connectivity index (χ0n) is 12.2. The van der Waals surface area contributed by atoms with Crippen LogP contribution in [0.1, 0.15) is 45.0 Å². The van der Waals surface area contributed by atoms with Crippen molar-refractivity contribution < 1.29 is 19.0 Å². The van der Waals surface area contributed by atoms with Crippen molar-refractivity contribution in [2.75, 3.05) is 6.61 Å². The van der Waals surface area contributed by atoms with Crippen LogP contribution in [0.5, 0.6) is 11.5 Å². The summed E-state index contributed by atoms with van der Waals surface area (Å²) in [6, 6.07) is 5.09. The van der Waals surface area contributed by atoms with Gasteiger partial charge in [0.25, 0.3) is 0 Å². The van der Waals surface area contributed by atoms with Crippen molar-refractivity contribution in [3.63, 3.8) is 0 Å². The van der Waals surface area contributed by atoms with Crippen LogP contribution in [0, 0.1) is 0 Å². The maximum atomic E-state index is 11.7. The van der Waals surface area contributed by atoms with Gasteiger partial charge < -0.3 is 14.2 Å². The van der Waals surface area contributed by atoms with Gasteiger partial charge in [0.1, 0.15) is 0 Å². The molecule has 0 saturated heterocycles. The molecule has 1 aromatic carbocycles. The number of benzene rings is 1. The number of esters is 1. The first kappa shape index (κ1) is 15.3. The zero-order valence-corrected chi connectivity index (χ0v) is 12.2. The molecule has 0 heterocycles. The van der Waals surface area contributed by atoms with Gasteiger partial charge in [-0.2, -0.15) is 0 Å². The van der Waals surface area contributed by atoms with Crippen LogP contribution in [0.2, 0.25) is 0 Å². The van der Waals surface area contributed by atoms with Gasteiger partial charge in [0, 0.05) is 0 Å². The first-order chi connectivity index (χ1) is 8.93. The molecule has 0 atom stereocenters. The highest BCUT2D eigenvalue weighted by Gasteiger charge is 2.14. The van der Waals surface area contributed by atoms with Gasteiger partial charge in [-0.25, -0.2) is 4.79 Å². The lowest BCUT2D eigenvalue weighted by Gasteiger charge is -2.17. The van der Waals surface area contributed by atoms with E-state index in [1.165, 1.54) is 0 Å². The third-order valence-electron chi connectivity index (χ3n) is 2.18. The number of carbonyl (C=O) groups is 1. The van der Waals surface area contributed by atoms with E-state index in [2.05, 4.69) is 0 Å². The molecule has 1 aromatic rings. The summed E-state index contributed by atoms with van der Waals surface area (Å²) in [6.45, 7) is 9.87. The van der Waals surface area contributed by atoms with E-state index in [1.54, 1.807) is 25.1 Å². The molecule has 0 fully saturated rings. The smallest absolute Gasteiger partial charge is 0.338 e. The minimum atomic E-state index is -0.354. The molecule has 0 aliphatic carbocycles. The van der Waals surface area contributed by atoms with Gasteiger partial charge in [0.05, 0.1) is 24.4 Å². The van der Waals surface area contributed by atoms with Crippen molar-refractivity contribution in [1.29, 1.82) is 0 Å². The average Bonchev–Trinajstić information content (AvgIpc) is 2.30. The molecule has 0 aliphatic rings. The highest BCUT2D eigenvalue weighted by Crippen LogP contribution is 2.30. The van der Waals surface area contributed by atoms with Crippen molar-refractivity contribution in [3.05, 3.63) is 23.8 Å². The Balaban J connectivity index is 3.03. The second-order valence-electron chi connectivity index (χ2n) is 4.72. The summed E-state index contributed by atoms with van der Waals surface area (Å²) in [5.41, 5.74) is 0.466. The predicted octanol–water partition coefficient (Wildman–Crippen LogP) is 3.44. The number of hydrogen-bond acceptors (Lipinski definition) is 4. The lowest BCUT2D eigenvalue weighted by atomic mass is 10.2. The van der Waals surface area contributed by atoms with Crippen molar-refractivity contribution in [2.45, 2.75) is 46.8 Å². The molecule has 1 rings (SSSR count). The second-order valence-corrected chi connectivity index (χ2v) is 4.72. The van der Waals surface area contributed by atoms with E-state index in [0.29, 0.717) is 23.7 Å². The molecule has 0 bridgehead atoms. The van der Waals surface area contributed by atoms with Gasteiger partial charge in [0.2, 0.25) is 0 Å². The summed E-state index contributed by atoms with van der Waals surface area (Å²) in [5, 5.41) is 0. The fourth-order valence-corrected chi connectivity index (χ4v) is 1.55. The van der Waals surface area contributed by atoms with E-state index in [9.17, 15) is 4.79 Å². The molecule has 0 N–H and O–H groups in total. The Morgan fingerprint density at radius 3 is 2.16 bits per heavy atom. The van der Waals surface area contributed by atoms with Gasteiger partial charge in [0.15, 0.2) is 11.5 Å². The van der Waals surface area contributed by atoms with Gasteiger partial charge in [-0.15, -0.1) is 0 Å². The topological polar surface area (TPSA) is 44.8 Å². The minimum Gasteiger partial charge on any atom is -0.487 e. The molecule has 4 heteroatoms. The van der Waals surface area contributed by atoms with E-state index in [1.807, 2.05) is 27.7 Å². The number of carbonyl (C=O) groups excluding carboxylic acids is 1. The minimum absolute atomic E-state index is 0.00644. The first-order valence-corrected chi connectivity index (χ1v) is 6.58. The molecule has 0 spiro atoms. The van der Waals surface area contributed by atoms with E-state index < -0.39 is 0 Å². The zero-order chi connectivity index (χ0) is 14.4. The summed E-state index contributed by atoms with van der Waals surface area (Å²) < 4.78 is 16.3. The van der Waals surface area contributed by atoms with Crippen LogP contribution in [-0.2, 0) is 4.74 Å². The Labute approximate surface area is 114 Å². The van der Waals surface area contributed by atoms with Crippen molar-refractivity contribution in [2.24, 2.45) is 0 Å². The van der Waals surface area contributed by atoms with Crippen molar-refractivity contribution in [1.82, 2.24) is 0 Å². The Morgan fingerprint density at radius 1 is 1.05 bits per heavy atom. The van der Waals surface area contributed by atoms with Crippen LogP contribution < -0.4 is 9.47 Å². The molecule has 19 heavy (non-hydrogen) atoms. The third-order valence-corrected chi connectivity index (χ3v) is 2.18. The van der Waals surface area contributed by atoms with Crippen LogP contribution in [0.4, 0.5) is 0 Å². The fourth-order valence-electron chi connectivity index (χ4n) is 1.55. The lowest BCUT2D eigenvalue weighted by Crippen LogP contribution is -2.12. The quantitative estimate of drug-likeness (QED) is 0.740. The number of ether oxygens (including phenoxy) is 3. The van der Waals surface area contributed by atoms with Crippen LogP contribution in [0.25, 0.3) is 0 Å². The van der Waals surface area contributed by atoms with Crippen LogP contribution in [-0.4, -0.2) is 24.8 Å². The van der Waals surface area contributed by atoms with Gasteiger partial charge in [-0.05, 0) is 52.8 Å². The van der Waals surface area contributed by atoms with Gasteiger partial charge in [-0.1, -0.05) is 0 Å². The molecule has 0 saturated carbocycles. The Bertz CT molecular complexity index is 424. The Hall–Kier alpha value is -1.71. The van der Waals surface area contributed by atoms with Crippen LogP contribution >= 0.6 is 0 Å². The average molecular weight is 266 g/mol. The molecule has 0 unspecified atom stereocenters. The summed E-state index contributed by atoms with van der Waals surface area (Å²) in [5.74, 6) is 0.846. The largest absolute Gasteiger partial charge is 0.487 e. The summed E-state index contributed by atoms with van der Waals surface area (Å²) in [7, 11) is 0. The Morgan fingerprint density at radius 2 is 1.63 bits per heavy atom. The number of hydrogen-bond donors (Lipinski definition) is 0. The van der Waals surface area contributed by atoms with Crippen LogP contribution in [0.15, 0.2) is 18.2 Å². The maximum absolute atomic E-state index is 11.7. The SMILES string of the molecule is CCOC(=O)c1ccc(OC(C)C)c(OC(C)C)c1. The fraction of sp³-hybridized carbons (Fsp3) is 0.533. The van der Waals surface area contributed by atoms with Crippen LogP contribution in [0.3, 0.4) is 0 Å². The lowest BCUT2D eigenvalue weighted by molar-refractivity contribution is 0.0525. The van der Waals surface area contributed by atoms with E-state index >= 15 is 0 Å². The Kier molecular flexibility index (Phi) is 5.67. The van der Waals surface area contributed by atoms with Crippen molar-refractivity contribution in [3.8, 4) is 11.5 Å². The normalized spacial score (nSPS) is 10.7. The number of rotatable bonds is 6. The first-order valence-electron chi connectivity index (χ1n) is 6.58. The maximum Gasteiger partial charge on any atom is 0.338 e.